The SMILES string of the molecule is CCCOCCOC(=O)C1=C(C)NC2=C(C(=O)CC(C)(C)C2)[C@H]1c1ccc(C(=O)OC)cc1. The number of Topliss-reactive ketones (excluding diaryl/α,β-unsaturated/α-hetero) is 1. The van der Waals surface area contributed by atoms with E-state index in [9.17, 15) is 14.4 Å². The summed E-state index contributed by atoms with van der Waals surface area (Å²) in [5.74, 6) is -1.48. The Morgan fingerprint density at radius 3 is 2.39 bits per heavy atom. The molecular formula is C26H33NO6. The Kier molecular flexibility index (Phi) is 7.74. The third-order valence-corrected chi connectivity index (χ3v) is 5.93. The lowest BCUT2D eigenvalue weighted by atomic mass is 9.68. The van der Waals surface area contributed by atoms with E-state index in [1.807, 2.05) is 13.8 Å². The van der Waals surface area contributed by atoms with Crippen LogP contribution in [0.15, 0.2) is 46.8 Å². The van der Waals surface area contributed by atoms with E-state index in [-0.39, 0.29) is 17.8 Å². The van der Waals surface area contributed by atoms with Crippen molar-refractivity contribution in [2.75, 3.05) is 26.9 Å². The highest BCUT2D eigenvalue weighted by atomic mass is 16.6. The molecule has 0 aromatic heterocycles. The number of carbonyl (C=O) groups is 3. The fraction of sp³-hybridized carbons (Fsp3) is 0.500. The summed E-state index contributed by atoms with van der Waals surface area (Å²) in [4.78, 5) is 38.3. The van der Waals surface area contributed by atoms with Crippen molar-refractivity contribution in [3.05, 3.63) is 57.9 Å². The van der Waals surface area contributed by atoms with E-state index >= 15 is 0 Å². The van der Waals surface area contributed by atoms with Gasteiger partial charge in [0.15, 0.2) is 5.78 Å². The molecule has 0 bridgehead atoms. The molecule has 178 valence electrons. The number of esters is 2. The third kappa shape index (κ3) is 5.53. The summed E-state index contributed by atoms with van der Waals surface area (Å²) in [5, 5.41) is 3.32. The summed E-state index contributed by atoms with van der Waals surface area (Å²) in [5.41, 5.74) is 3.50. The predicted octanol–water partition coefficient (Wildman–Crippen LogP) is 4.05. The Bertz CT molecular complexity index is 987. The molecule has 3 rings (SSSR count). The molecule has 1 atom stereocenters. The van der Waals surface area contributed by atoms with Gasteiger partial charge in [-0.1, -0.05) is 32.9 Å². The highest BCUT2D eigenvalue weighted by Crippen LogP contribution is 2.46. The molecule has 0 unspecified atom stereocenters. The van der Waals surface area contributed by atoms with Gasteiger partial charge < -0.3 is 19.5 Å². The van der Waals surface area contributed by atoms with Gasteiger partial charge in [-0.15, -0.1) is 0 Å². The van der Waals surface area contributed by atoms with Gasteiger partial charge in [-0.25, -0.2) is 9.59 Å². The molecule has 1 aliphatic heterocycles. The highest BCUT2D eigenvalue weighted by Gasteiger charge is 2.43. The van der Waals surface area contributed by atoms with Gasteiger partial charge in [-0.2, -0.15) is 0 Å². The van der Waals surface area contributed by atoms with E-state index < -0.39 is 17.9 Å². The molecule has 0 amide bonds. The maximum atomic E-state index is 13.3. The Labute approximate surface area is 195 Å². The second-order valence-electron chi connectivity index (χ2n) is 9.29. The van der Waals surface area contributed by atoms with Crippen LogP contribution >= 0.6 is 0 Å². The standard InChI is InChI=1S/C26H33NO6/c1-6-11-32-12-13-33-25(30)21-16(2)27-19-14-26(3,4)15-20(28)23(19)22(21)17-7-9-18(10-8-17)24(29)31-5/h7-10,22,27H,6,11-15H2,1-5H3/t22-/m0/s1. The molecule has 7 nitrogen and oxygen atoms in total. The molecule has 1 N–H and O–H groups in total. The van der Waals surface area contributed by atoms with E-state index in [1.54, 1.807) is 24.3 Å². The molecule has 2 aliphatic rings. The molecule has 0 spiro atoms. The highest BCUT2D eigenvalue weighted by molar-refractivity contribution is 6.04. The predicted molar refractivity (Wildman–Crippen MR) is 123 cm³/mol. The molecule has 1 aliphatic carbocycles. The molecule has 33 heavy (non-hydrogen) atoms. The topological polar surface area (TPSA) is 90.9 Å². The molecule has 0 radical (unpaired) electrons. The largest absolute Gasteiger partial charge is 0.465 e. The number of ether oxygens (including phenoxy) is 3. The minimum Gasteiger partial charge on any atom is -0.465 e. The molecule has 1 heterocycles. The van der Waals surface area contributed by atoms with Crippen LogP contribution < -0.4 is 5.32 Å². The van der Waals surface area contributed by atoms with Crippen LogP contribution in [0, 0.1) is 5.41 Å². The van der Waals surface area contributed by atoms with Gasteiger partial charge in [-0.3, -0.25) is 4.79 Å². The van der Waals surface area contributed by atoms with E-state index in [1.165, 1.54) is 7.11 Å². The van der Waals surface area contributed by atoms with Crippen molar-refractivity contribution in [3.8, 4) is 0 Å². The number of ketones is 1. The van der Waals surface area contributed by atoms with Gasteiger partial charge in [-0.05, 0) is 42.9 Å². The third-order valence-electron chi connectivity index (χ3n) is 5.93. The number of nitrogens with one attached hydrogen (secondary N) is 1. The smallest absolute Gasteiger partial charge is 0.337 e. The first-order chi connectivity index (χ1) is 15.7. The Morgan fingerprint density at radius 2 is 1.76 bits per heavy atom. The Balaban J connectivity index is 1.98. The van der Waals surface area contributed by atoms with E-state index in [2.05, 4.69) is 19.2 Å². The number of benzene rings is 1. The second-order valence-corrected chi connectivity index (χ2v) is 9.29. The minimum atomic E-state index is -0.569. The van der Waals surface area contributed by atoms with Crippen molar-refractivity contribution in [1.29, 1.82) is 0 Å². The summed E-state index contributed by atoms with van der Waals surface area (Å²) in [6.45, 7) is 9.03. The summed E-state index contributed by atoms with van der Waals surface area (Å²) in [6.07, 6.45) is 1.99. The van der Waals surface area contributed by atoms with Crippen LogP contribution in [0.5, 0.6) is 0 Å². The van der Waals surface area contributed by atoms with Crippen molar-refractivity contribution in [2.45, 2.75) is 52.9 Å². The van der Waals surface area contributed by atoms with Gasteiger partial charge in [0.1, 0.15) is 6.61 Å². The number of hydrogen-bond acceptors (Lipinski definition) is 7. The number of methoxy groups -OCH3 is 1. The number of rotatable bonds is 8. The lowest BCUT2D eigenvalue weighted by molar-refractivity contribution is -0.141. The number of carbonyl (C=O) groups excluding carboxylic acids is 3. The van der Waals surface area contributed by atoms with Crippen LogP contribution in [-0.2, 0) is 23.8 Å². The van der Waals surface area contributed by atoms with Crippen molar-refractivity contribution in [3.63, 3.8) is 0 Å². The maximum absolute atomic E-state index is 13.3. The van der Waals surface area contributed by atoms with E-state index in [0.29, 0.717) is 48.5 Å². The molecule has 1 aromatic carbocycles. The normalized spacial score (nSPS) is 19.7. The summed E-state index contributed by atoms with van der Waals surface area (Å²) in [6, 6.07) is 6.84. The summed E-state index contributed by atoms with van der Waals surface area (Å²) >= 11 is 0. The van der Waals surface area contributed by atoms with Gasteiger partial charge >= 0.3 is 11.9 Å². The Morgan fingerprint density at radius 1 is 1.06 bits per heavy atom. The van der Waals surface area contributed by atoms with E-state index in [4.69, 9.17) is 14.2 Å². The van der Waals surface area contributed by atoms with Crippen molar-refractivity contribution in [1.82, 2.24) is 5.32 Å². The van der Waals surface area contributed by atoms with Gasteiger partial charge in [0.25, 0.3) is 0 Å². The molecule has 1 aromatic rings. The monoisotopic (exact) mass is 455 g/mol. The molecular weight excluding hydrogens is 422 g/mol. The average molecular weight is 456 g/mol. The summed E-state index contributed by atoms with van der Waals surface area (Å²) in [7, 11) is 1.33. The van der Waals surface area contributed by atoms with Crippen LogP contribution in [0.3, 0.4) is 0 Å². The number of dihydropyridines is 1. The average Bonchev–Trinajstić information content (AvgIpc) is 2.76. The van der Waals surface area contributed by atoms with Gasteiger partial charge in [0.2, 0.25) is 0 Å². The molecule has 0 saturated carbocycles. The zero-order valence-electron chi connectivity index (χ0n) is 20.1. The Hall–Kier alpha value is -2.93. The van der Waals surface area contributed by atoms with Crippen molar-refractivity contribution in [2.24, 2.45) is 5.41 Å². The number of allylic oxidation sites excluding steroid dienone is 3. The van der Waals surface area contributed by atoms with E-state index in [0.717, 1.165) is 17.7 Å². The minimum absolute atomic E-state index is 0.0138. The molecule has 7 heteroatoms. The first-order valence-electron chi connectivity index (χ1n) is 11.4. The zero-order chi connectivity index (χ0) is 24.2. The summed E-state index contributed by atoms with van der Waals surface area (Å²) < 4.78 is 15.7. The first kappa shape index (κ1) is 24.7. The van der Waals surface area contributed by atoms with Crippen LogP contribution in [0.1, 0.15) is 68.8 Å². The first-order valence-corrected chi connectivity index (χ1v) is 11.4. The molecule has 0 fully saturated rings. The van der Waals surface area contributed by atoms with Crippen molar-refractivity contribution >= 4 is 17.7 Å². The zero-order valence-corrected chi connectivity index (χ0v) is 20.1. The fourth-order valence-corrected chi connectivity index (χ4v) is 4.49. The lowest BCUT2D eigenvalue weighted by Crippen LogP contribution is -2.38. The second kappa shape index (κ2) is 10.3. The lowest BCUT2D eigenvalue weighted by Gasteiger charge is -2.39. The quantitative estimate of drug-likeness (QED) is 0.467. The number of hydrogen-bond donors (Lipinski definition) is 1. The van der Waals surface area contributed by atoms with Crippen molar-refractivity contribution < 1.29 is 28.6 Å². The fourth-order valence-electron chi connectivity index (χ4n) is 4.49. The van der Waals surface area contributed by atoms with Gasteiger partial charge in [0, 0.05) is 35.9 Å². The van der Waals surface area contributed by atoms with Crippen LogP contribution in [0.4, 0.5) is 0 Å². The van der Waals surface area contributed by atoms with Crippen LogP contribution in [0.2, 0.25) is 0 Å². The van der Waals surface area contributed by atoms with Crippen LogP contribution in [-0.4, -0.2) is 44.7 Å². The van der Waals surface area contributed by atoms with Gasteiger partial charge in [0.05, 0.1) is 24.9 Å². The maximum Gasteiger partial charge on any atom is 0.337 e. The molecule has 0 saturated heterocycles. The van der Waals surface area contributed by atoms with Crippen LogP contribution in [0.25, 0.3) is 0 Å².